The minimum atomic E-state index is 0.440. The topological polar surface area (TPSA) is 29.3 Å². The van der Waals surface area contributed by atoms with E-state index >= 15 is 0 Å². The Morgan fingerprint density at radius 1 is 1.12 bits per heavy atom. The summed E-state index contributed by atoms with van der Waals surface area (Å²) < 4.78 is 0. The standard InChI is InChI=1S/C15H22N2/c16-12-15(7-8-15)11-13-5-1-2-6-14(13)17-9-3-4-10-17/h1-2,5-6H,3-4,7-12,16H2. The minimum Gasteiger partial charge on any atom is -0.371 e. The van der Waals surface area contributed by atoms with Crippen LogP contribution in [0.3, 0.4) is 0 Å². The van der Waals surface area contributed by atoms with Crippen LogP contribution in [0.1, 0.15) is 31.2 Å². The first kappa shape index (κ1) is 11.1. The maximum Gasteiger partial charge on any atom is 0.0398 e. The second-order valence-corrected chi connectivity index (χ2v) is 5.70. The highest BCUT2D eigenvalue weighted by atomic mass is 15.1. The van der Waals surface area contributed by atoms with Gasteiger partial charge in [-0.1, -0.05) is 18.2 Å². The summed E-state index contributed by atoms with van der Waals surface area (Å²) in [7, 11) is 0. The normalized spacial score (nSPS) is 21.8. The number of hydrogen-bond acceptors (Lipinski definition) is 2. The Bertz CT molecular complexity index is 390. The molecular weight excluding hydrogens is 208 g/mol. The van der Waals surface area contributed by atoms with Crippen LogP contribution in [0.4, 0.5) is 5.69 Å². The largest absolute Gasteiger partial charge is 0.371 e. The Morgan fingerprint density at radius 3 is 2.47 bits per heavy atom. The molecule has 2 nitrogen and oxygen atoms in total. The molecule has 3 rings (SSSR count). The molecule has 2 N–H and O–H groups in total. The number of anilines is 1. The molecule has 1 aliphatic heterocycles. The summed E-state index contributed by atoms with van der Waals surface area (Å²) >= 11 is 0. The van der Waals surface area contributed by atoms with Gasteiger partial charge in [0.25, 0.3) is 0 Å². The maximum absolute atomic E-state index is 5.91. The van der Waals surface area contributed by atoms with Crippen LogP contribution in [0.15, 0.2) is 24.3 Å². The predicted octanol–water partition coefficient (Wildman–Crippen LogP) is 2.57. The monoisotopic (exact) mass is 230 g/mol. The fourth-order valence-electron chi connectivity index (χ4n) is 2.96. The van der Waals surface area contributed by atoms with Crippen molar-refractivity contribution in [3.8, 4) is 0 Å². The van der Waals surface area contributed by atoms with Gasteiger partial charge in [0.15, 0.2) is 0 Å². The minimum absolute atomic E-state index is 0.440. The lowest BCUT2D eigenvalue weighted by Gasteiger charge is -2.23. The highest BCUT2D eigenvalue weighted by Crippen LogP contribution is 2.48. The molecule has 0 radical (unpaired) electrons. The summed E-state index contributed by atoms with van der Waals surface area (Å²) in [5.74, 6) is 0. The molecule has 0 unspecified atom stereocenters. The zero-order valence-electron chi connectivity index (χ0n) is 10.5. The third kappa shape index (κ3) is 2.19. The van der Waals surface area contributed by atoms with Crippen molar-refractivity contribution in [2.75, 3.05) is 24.5 Å². The highest BCUT2D eigenvalue weighted by molar-refractivity contribution is 5.54. The van der Waals surface area contributed by atoms with Crippen LogP contribution < -0.4 is 10.6 Å². The van der Waals surface area contributed by atoms with E-state index in [1.54, 1.807) is 0 Å². The van der Waals surface area contributed by atoms with Crippen molar-refractivity contribution in [1.29, 1.82) is 0 Å². The van der Waals surface area contributed by atoms with Crippen LogP contribution in [-0.4, -0.2) is 19.6 Å². The Labute approximate surface area is 104 Å². The van der Waals surface area contributed by atoms with Crippen LogP contribution in [0.25, 0.3) is 0 Å². The zero-order valence-corrected chi connectivity index (χ0v) is 10.5. The van der Waals surface area contributed by atoms with Crippen molar-refractivity contribution in [3.05, 3.63) is 29.8 Å². The Hall–Kier alpha value is -1.02. The van der Waals surface area contributed by atoms with Crippen molar-refractivity contribution in [1.82, 2.24) is 0 Å². The fraction of sp³-hybridized carbons (Fsp3) is 0.600. The lowest BCUT2D eigenvalue weighted by Crippen LogP contribution is -2.22. The SMILES string of the molecule is NCC1(Cc2ccccc2N2CCCC2)CC1. The zero-order chi connectivity index (χ0) is 11.7. The lowest BCUT2D eigenvalue weighted by molar-refractivity contribution is 0.521. The number of nitrogens with two attached hydrogens (primary N) is 1. The van der Waals surface area contributed by atoms with Crippen molar-refractivity contribution >= 4 is 5.69 Å². The van der Waals surface area contributed by atoms with E-state index in [-0.39, 0.29) is 0 Å². The lowest BCUT2D eigenvalue weighted by atomic mass is 9.95. The number of nitrogens with zero attached hydrogens (tertiary/aromatic N) is 1. The molecule has 0 bridgehead atoms. The molecule has 1 heterocycles. The summed E-state index contributed by atoms with van der Waals surface area (Å²) in [6.07, 6.45) is 6.50. The molecule has 0 atom stereocenters. The molecule has 0 aromatic heterocycles. The molecule has 0 spiro atoms. The summed E-state index contributed by atoms with van der Waals surface area (Å²) in [5.41, 5.74) is 9.32. The van der Waals surface area contributed by atoms with Crippen LogP contribution in [0.5, 0.6) is 0 Å². The number of para-hydroxylation sites is 1. The first-order valence-corrected chi connectivity index (χ1v) is 6.86. The van der Waals surface area contributed by atoms with Gasteiger partial charge in [0.1, 0.15) is 0 Å². The van der Waals surface area contributed by atoms with Crippen molar-refractivity contribution < 1.29 is 0 Å². The molecule has 1 saturated heterocycles. The average molecular weight is 230 g/mol. The maximum atomic E-state index is 5.91. The summed E-state index contributed by atoms with van der Waals surface area (Å²) in [4.78, 5) is 2.54. The molecule has 1 saturated carbocycles. The highest BCUT2D eigenvalue weighted by Gasteiger charge is 2.41. The van der Waals surface area contributed by atoms with Gasteiger partial charge in [-0.25, -0.2) is 0 Å². The average Bonchev–Trinajstić information content (AvgIpc) is 2.92. The van der Waals surface area contributed by atoms with Gasteiger partial charge in [-0.15, -0.1) is 0 Å². The molecule has 1 aromatic rings. The molecule has 1 aromatic carbocycles. The molecular formula is C15H22N2. The number of benzene rings is 1. The van der Waals surface area contributed by atoms with Gasteiger partial charge in [0.2, 0.25) is 0 Å². The first-order valence-electron chi connectivity index (χ1n) is 6.86. The van der Waals surface area contributed by atoms with E-state index in [0.717, 1.165) is 6.54 Å². The molecule has 0 amide bonds. The second kappa shape index (κ2) is 4.34. The Morgan fingerprint density at radius 2 is 1.82 bits per heavy atom. The van der Waals surface area contributed by atoms with E-state index in [4.69, 9.17) is 5.73 Å². The Kier molecular flexibility index (Phi) is 2.83. The third-order valence-corrected chi connectivity index (χ3v) is 4.39. The molecule has 2 heteroatoms. The first-order chi connectivity index (χ1) is 8.33. The Balaban J connectivity index is 1.83. The van der Waals surface area contributed by atoms with Gasteiger partial charge in [-0.2, -0.15) is 0 Å². The third-order valence-electron chi connectivity index (χ3n) is 4.39. The van der Waals surface area contributed by atoms with E-state index in [9.17, 15) is 0 Å². The summed E-state index contributed by atoms with van der Waals surface area (Å²) in [5, 5.41) is 0. The molecule has 17 heavy (non-hydrogen) atoms. The number of rotatable bonds is 4. The molecule has 1 aliphatic carbocycles. The van der Waals surface area contributed by atoms with Gasteiger partial charge in [-0.05, 0) is 55.7 Å². The van der Waals surface area contributed by atoms with E-state index in [1.807, 2.05) is 0 Å². The fourth-order valence-corrected chi connectivity index (χ4v) is 2.96. The van der Waals surface area contributed by atoms with Gasteiger partial charge < -0.3 is 10.6 Å². The van der Waals surface area contributed by atoms with Gasteiger partial charge in [0.05, 0.1) is 0 Å². The van der Waals surface area contributed by atoms with Crippen LogP contribution >= 0.6 is 0 Å². The van der Waals surface area contributed by atoms with Gasteiger partial charge in [-0.3, -0.25) is 0 Å². The molecule has 2 fully saturated rings. The summed E-state index contributed by atoms with van der Waals surface area (Å²) in [6, 6.07) is 8.91. The molecule has 2 aliphatic rings. The van der Waals surface area contributed by atoms with E-state index in [1.165, 1.54) is 56.4 Å². The van der Waals surface area contributed by atoms with Gasteiger partial charge >= 0.3 is 0 Å². The van der Waals surface area contributed by atoms with Crippen molar-refractivity contribution in [2.45, 2.75) is 32.1 Å². The van der Waals surface area contributed by atoms with E-state index < -0.39 is 0 Å². The van der Waals surface area contributed by atoms with E-state index in [0.29, 0.717) is 5.41 Å². The van der Waals surface area contributed by atoms with Crippen LogP contribution in [0.2, 0.25) is 0 Å². The van der Waals surface area contributed by atoms with Crippen molar-refractivity contribution in [2.24, 2.45) is 11.1 Å². The second-order valence-electron chi connectivity index (χ2n) is 5.70. The van der Waals surface area contributed by atoms with Crippen LogP contribution in [-0.2, 0) is 6.42 Å². The summed E-state index contributed by atoms with van der Waals surface area (Å²) in [6.45, 7) is 3.31. The van der Waals surface area contributed by atoms with E-state index in [2.05, 4.69) is 29.2 Å². The number of hydrogen-bond donors (Lipinski definition) is 1. The predicted molar refractivity (Wildman–Crippen MR) is 72.3 cm³/mol. The van der Waals surface area contributed by atoms with Gasteiger partial charge in [0, 0.05) is 18.8 Å². The smallest absolute Gasteiger partial charge is 0.0398 e. The van der Waals surface area contributed by atoms with Crippen molar-refractivity contribution in [3.63, 3.8) is 0 Å². The quantitative estimate of drug-likeness (QED) is 0.861. The van der Waals surface area contributed by atoms with Crippen LogP contribution in [0, 0.1) is 5.41 Å². The molecule has 92 valence electrons.